The fourth-order valence-corrected chi connectivity index (χ4v) is 5.11. The lowest BCUT2D eigenvalue weighted by Crippen LogP contribution is -2.30. The zero-order chi connectivity index (χ0) is 20.1. The van der Waals surface area contributed by atoms with Gasteiger partial charge in [0.05, 0.1) is 9.79 Å². The molecule has 1 fully saturated rings. The van der Waals surface area contributed by atoms with E-state index >= 15 is 0 Å². The summed E-state index contributed by atoms with van der Waals surface area (Å²) in [6, 6.07) is 14.6. The number of nitrogens with one attached hydrogen (secondary N) is 1. The Labute approximate surface area is 162 Å². The summed E-state index contributed by atoms with van der Waals surface area (Å²) in [5, 5.41) is 0. The lowest BCUT2D eigenvalue weighted by atomic mass is 10.4. The van der Waals surface area contributed by atoms with Crippen LogP contribution in [0.3, 0.4) is 0 Å². The van der Waals surface area contributed by atoms with Crippen LogP contribution in [0.4, 0.5) is 0 Å². The van der Waals surface area contributed by atoms with E-state index in [1.54, 1.807) is 16.3 Å². The molecule has 2 aromatic carbocycles. The number of rotatable bonds is 4. The second kappa shape index (κ2) is 8.61. The van der Waals surface area contributed by atoms with Crippen molar-refractivity contribution in [3.63, 3.8) is 0 Å². The molecule has 1 saturated heterocycles. The molecule has 0 radical (unpaired) electrons. The molecule has 0 aliphatic carbocycles. The summed E-state index contributed by atoms with van der Waals surface area (Å²) < 4.78 is 50.1. The molecule has 1 aliphatic rings. The van der Waals surface area contributed by atoms with Crippen LogP contribution in [0.25, 0.3) is 0 Å². The van der Waals surface area contributed by atoms with Crippen molar-refractivity contribution in [3.05, 3.63) is 60.7 Å². The average molecular weight is 431 g/mol. The Morgan fingerprint density at radius 3 is 1.30 bits per heavy atom. The molecule has 0 atom stereocenters. The summed E-state index contributed by atoms with van der Waals surface area (Å²) in [6.45, 7) is 0. The van der Waals surface area contributed by atoms with Crippen LogP contribution in [0.1, 0.15) is 12.8 Å². The summed E-state index contributed by atoms with van der Waals surface area (Å²) >= 11 is 5.15. The van der Waals surface area contributed by atoms with Crippen molar-refractivity contribution in [1.29, 1.82) is 0 Å². The first-order chi connectivity index (χ1) is 12.6. The van der Waals surface area contributed by atoms with Gasteiger partial charge in [0, 0.05) is 24.6 Å². The Morgan fingerprint density at radius 1 is 0.704 bits per heavy atom. The first-order valence-corrected chi connectivity index (χ1v) is 10.8. The van der Waals surface area contributed by atoms with E-state index in [9.17, 15) is 26.4 Å². The first kappa shape index (κ1) is 21.0. The van der Waals surface area contributed by atoms with Crippen LogP contribution in [0.5, 0.6) is 0 Å². The topological polar surface area (TPSA) is 118 Å². The standard InChI is InChI=1S/C12H11NO4S2.C4H4ClNO2/c14-18(15,11-7-3-1-4-8-11)13-19(16,17)12-9-5-2-6-10-12;5-6-3(7)1-2-4(6)8/h1-10,13H;1-2H2. The third kappa shape index (κ3) is 5.60. The Balaban J connectivity index is 0.000000273. The van der Waals surface area contributed by atoms with Crippen LogP contribution >= 0.6 is 11.8 Å². The molecule has 2 aromatic rings. The molecule has 11 heteroatoms. The maximum Gasteiger partial charge on any atom is 0.253 e. The van der Waals surface area contributed by atoms with Crippen molar-refractivity contribution in [3.8, 4) is 0 Å². The van der Waals surface area contributed by atoms with E-state index in [4.69, 9.17) is 11.8 Å². The van der Waals surface area contributed by atoms with Crippen molar-refractivity contribution in [1.82, 2.24) is 8.55 Å². The highest BCUT2D eigenvalue weighted by molar-refractivity contribution is 8.04. The summed E-state index contributed by atoms with van der Waals surface area (Å²) in [6.07, 6.45) is 0.532. The molecule has 0 spiro atoms. The predicted molar refractivity (Wildman–Crippen MR) is 97.3 cm³/mol. The maximum absolute atomic E-state index is 11.9. The third-order valence-electron chi connectivity index (χ3n) is 3.32. The summed E-state index contributed by atoms with van der Waals surface area (Å²) in [5.41, 5.74) is 0. The number of sulfonamides is 2. The van der Waals surface area contributed by atoms with Gasteiger partial charge >= 0.3 is 0 Å². The minimum atomic E-state index is -4.10. The van der Waals surface area contributed by atoms with Crippen LogP contribution in [-0.4, -0.2) is 33.1 Å². The van der Waals surface area contributed by atoms with E-state index in [1.165, 1.54) is 48.5 Å². The highest BCUT2D eigenvalue weighted by Gasteiger charge is 2.27. The van der Waals surface area contributed by atoms with E-state index in [1.807, 2.05) is 0 Å². The molecule has 0 bridgehead atoms. The Kier molecular flexibility index (Phi) is 6.71. The monoisotopic (exact) mass is 430 g/mol. The molecule has 27 heavy (non-hydrogen) atoms. The fourth-order valence-electron chi connectivity index (χ4n) is 1.99. The van der Waals surface area contributed by atoms with Gasteiger partial charge in [-0.2, -0.15) is 4.42 Å². The van der Waals surface area contributed by atoms with Crippen LogP contribution in [-0.2, 0) is 29.6 Å². The second-order valence-corrected chi connectivity index (χ2v) is 9.25. The van der Waals surface area contributed by atoms with Gasteiger partial charge in [-0.15, -0.1) is 4.13 Å². The minimum absolute atomic E-state index is 0.102. The summed E-state index contributed by atoms with van der Waals surface area (Å²) in [5.74, 6) is -0.590. The smallest absolute Gasteiger partial charge is 0.253 e. The predicted octanol–water partition coefficient (Wildman–Crippen LogP) is 1.64. The number of nitrogens with zero attached hydrogens (tertiary/aromatic N) is 1. The number of carbonyl (C=O) groups excluding carboxylic acids is 2. The van der Waals surface area contributed by atoms with E-state index in [-0.39, 0.29) is 34.4 Å². The lowest BCUT2D eigenvalue weighted by molar-refractivity contribution is -0.132. The van der Waals surface area contributed by atoms with Gasteiger partial charge in [0.1, 0.15) is 0 Å². The SMILES string of the molecule is O=C1CCC(=O)N1Cl.O=S(=O)(NS(=O)(=O)c1ccccc1)c1ccccc1. The molecule has 1 aliphatic heterocycles. The highest BCUT2D eigenvalue weighted by Crippen LogP contribution is 2.14. The van der Waals surface area contributed by atoms with Crippen molar-refractivity contribution >= 4 is 43.6 Å². The molecule has 2 amide bonds. The number of imide groups is 1. The van der Waals surface area contributed by atoms with Crippen LogP contribution in [0.2, 0.25) is 0 Å². The van der Waals surface area contributed by atoms with E-state index in [0.717, 1.165) is 0 Å². The summed E-state index contributed by atoms with van der Waals surface area (Å²) in [7, 11) is -8.21. The van der Waals surface area contributed by atoms with Gasteiger partial charge in [-0.1, -0.05) is 36.4 Å². The number of hydrogen-bond acceptors (Lipinski definition) is 6. The quantitative estimate of drug-likeness (QED) is 0.582. The Morgan fingerprint density at radius 2 is 1.04 bits per heavy atom. The Bertz CT molecular complexity index is 942. The zero-order valence-electron chi connectivity index (χ0n) is 13.8. The van der Waals surface area contributed by atoms with E-state index < -0.39 is 20.0 Å². The minimum Gasteiger partial charge on any atom is -0.273 e. The van der Waals surface area contributed by atoms with Gasteiger partial charge in [0.25, 0.3) is 20.0 Å². The van der Waals surface area contributed by atoms with Gasteiger partial charge < -0.3 is 0 Å². The number of amides is 2. The molecule has 3 rings (SSSR count). The zero-order valence-corrected chi connectivity index (χ0v) is 16.2. The number of carbonyl (C=O) groups is 2. The van der Waals surface area contributed by atoms with Crippen LogP contribution in [0, 0.1) is 0 Å². The molecule has 8 nitrogen and oxygen atoms in total. The van der Waals surface area contributed by atoms with Crippen LogP contribution < -0.4 is 4.13 Å². The highest BCUT2D eigenvalue weighted by atomic mass is 35.5. The van der Waals surface area contributed by atoms with Crippen molar-refractivity contribution in [2.45, 2.75) is 22.6 Å². The van der Waals surface area contributed by atoms with Crippen molar-refractivity contribution < 1.29 is 26.4 Å². The average Bonchev–Trinajstić information content (AvgIpc) is 2.94. The molecule has 0 aromatic heterocycles. The van der Waals surface area contributed by atoms with Gasteiger partial charge in [-0.05, 0) is 24.3 Å². The number of benzene rings is 2. The number of hydrogen-bond donors (Lipinski definition) is 1. The van der Waals surface area contributed by atoms with Crippen LogP contribution in [0.15, 0.2) is 70.5 Å². The lowest BCUT2D eigenvalue weighted by Gasteiger charge is -2.07. The van der Waals surface area contributed by atoms with E-state index in [0.29, 0.717) is 4.42 Å². The van der Waals surface area contributed by atoms with Crippen molar-refractivity contribution in [2.24, 2.45) is 0 Å². The molecule has 1 heterocycles. The van der Waals surface area contributed by atoms with E-state index in [2.05, 4.69) is 0 Å². The molecular formula is C16H15ClN2O6S2. The first-order valence-electron chi connectivity index (χ1n) is 7.54. The summed E-state index contributed by atoms with van der Waals surface area (Å²) in [4.78, 5) is 20.5. The second-order valence-electron chi connectivity index (χ2n) is 5.28. The van der Waals surface area contributed by atoms with Gasteiger partial charge in [0.15, 0.2) is 0 Å². The van der Waals surface area contributed by atoms with Gasteiger partial charge in [-0.3, -0.25) is 9.59 Å². The molecule has 144 valence electrons. The molecule has 1 N–H and O–H groups in total. The molecular weight excluding hydrogens is 416 g/mol. The van der Waals surface area contributed by atoms with Crippen molar-refractivity contribution in [2.75, 3.05) is 0 Å². The Hall–Kier alpha value is -2.27. The maximum atomic E-state index is 11.9. The number of halogens is 1. The molecule has 0 saturated carbocycles. The normalized spacial score (nSPS) is 14.6. The van der Waals surface area contributed by atoms with Gasteiger partial charge in [-0.25, -0.2) is 16.8 Å². The fraction of sp³-hybridized carbons (Fsp3) is 0.125. The molecule has 0 unspecified atom stereocenters. The van der Waals surface area contributed by atoms with Gasteiger partial charge in [0.2, 0.25) is 11.8 Å². The largest absolute Gasteiger partial charge is 0.273 e. The third-order valence-corrected chi connectivity index (χ3v) is 7.24.